The van der Waals surface area contributed by atoms with Crippen LogP contribution in [0.25, 0.3) is 5.69 Å². The summed E-state index contributed by atoms with van der Waals surface area (Å²) in [7, 11) is 0. The van der Waals surface area contributed by atoms with Gasteiger partial charge in [0.05, 0.1) is 36.0 Å². The molecule has 35 heavy (non-hydrogen) atoms. The van der Waals surface area contributed by atoms with Gasteiger partial charge in [-0.15, -0.1) is 10.2 Å². The van der Waals surface area contributed by atoms with Crippen LogP contribution in [0.15, 0.2) is 53.7 Å². The molecular formula is C25H28N6O3S. The van der Waals surface area contributed by atoms with E-state index in [0.717, 1.165) is 30.3 Å². The molecule has 3 heterocycles. The highest BCUT2D eigenvalue weighted by Gasteiger charge is 2.30. The largest absolute Gasteiger partial charge is 0.378 e. The molecule has 1 saturated heterocycles. The normalized spacial score (nSPS) is 18.1. The van der Waals surface area contributed by atoms with Crippen molar-refractivity contribution in [2.45, 2.75) is 31.5 Å². The predicted molar refractivity (Wildman–Crippen MR) is 136 cm³/mol. The van der Waals surface area contributed by atoms with Crippen LogP contribution in [-0.2, 0) is 14.3 Å². The minimum Gasteiger partial charge on any atom is -0.378 e. The number of amides is 2. The van der Waals surface area contributed by atoms with E-state index in [2.05, 4.69) is 32.5 Å². The van der Waals surface area contributed by atoms with Gasteiger partial charge in [0.15, 0.2) is 5.16 Å². The van der Waals surface area contributed by atoms with Crippen LogP contribution < -0.4 is 15.1 Å². The lowest BCUT2D eigenvalue weighted by Crippen LogP contribution is -2.40. The van der Waals surface area contributed by atoms with Crippen LogP contribution in [0.2, 0.25) is 0 Å². The number of carbonyl (C=O) groups is 2. The average Bonchev–Trinajstić information content (AvgIpc) is 3.23. The number of benzene rings is 2. The second-order valence-corrected chi connectivity index (χ2v) is 9.67. The zero-order chi connectivity index (χ0) is 24.4. The van der Waals surface area contributed by atoms with Gasteiger partial charge >= 0.3 is 0 Å². The van der Waals surface area contributed by atoms with E-state index >= 15 is 0 Å². The Morgan fingerprint density at radius 2 is 1.86 bits per heavy atom. The predicted octanol–water partition coefficient (Wildman–Crippen LogP) is 3.27. The fourth-order valence-corrected chi connectivity index (χ4v) is 5.21. The highest BCUT2D eigenvalue weighted by Crippen LogP contribution is 2.33. The van der Waals surface area contributed by atoms with Crippen LogP contribution in [0.1, 0.15) is 18.9 Å². The van der Waals surface area contributed by atoms with E-state index in [1.54, 1.807) is 4.90 Å². The molecule has 3 aromatic rings. The molecule has 0 saturated carbocycles. The molecule has 1 atom stereocenters. The van der Waals surface area contributed by atoms with Crippen molar-refractivity contribution in [1.82, 2.24) is 14.8 Å². The van der Waals surface area contributed by atoms with E-state index in [-0.39, 0.29) is 30.0 Å². The molecule has 10 heteroatoms. The highest BCUT2D eigenvalue weighted by molar-refractivity contribution is 7.99. The first-order valence-electron chi connectivity index (χ1n) is 11.7. The van der Waals surface area contributed by atoms with Gasteiger partial charge in [0.25, 0.3) is 0 Å². The first kappa shape index (κ1) is 23.4. The Kier molecular flexibility index (Phi) is 6.74. The number of aromatic nitrogens is 3. The Hall–Kier alpha value is -3.37. The fraction of sp³-hybridized carbons (Fsp3) is 0.360. The van der Waals surface area contributed by atoms with Gasteiger partial charge in [-0.3, -0.25) is 14.2 Å². The maximum Gasteiger partial charge on any atom is 0.237 e. The molecular weight excluding hydrogens is 464 g/mol. The molecule has 2 aromatic carbocycles. The summed E-state index contributed by atoms with van der Waals surface area (Å²) < 4.78 is 7.52. The van der Waals surface area contributed by atoms with E-state index in [0.29, 0.717) is 29.7 Å². The number of fused-ring (bicyclic) bond motifs is 1. The highest BCUT2D eigenvalue weighted by atomic mass is 32.2. The second-order valence-electron chi connectivity index (χ2n) is 8.72. The monoisotopic (exact) mass is 492 g/mol. The Balaban J connectivity index is 1.42. The zero-order valence-electron chi connectivity index (χ0n) is 19.8. The lowest BCUT2D eigenvalue weighted by molar-refractivity contribution is -0.117. The van der Waals surface area contributed by atoms with E-state index in [1.807, 2.05) is 54.8 Å². The van der Waals surface area contributed by atoms with Crippen molar-refractivity contribution in [3.8, 4) is 5.69 Å². The van der Waals surface area contributed by atoms with Crippen molar-refractivity contribution < 1.29 is 14.3 Å². The molecule has 182 valence electrons. The van der Waals surface area contributed by atoms with E-state index in [9.17, 15) is 9.59 Å². The zero-order valence-corrected chi connectivity index (χ0v) is 20.6. The van der Waals surface area contributed by atoms with E-state index in [1.165, 1.54) is 11.8 Å². The van der Waals surface area contributed by atoms with Crippen molar-refractivity contribution in [3.05, 3.63) is 54.1 Å². The first-order chi connectivity index (χ1) is 17.0. The number of carbonyl (C=O) groups excluding carboxylic acids is 2. The molecule has 1 unspecified atom stereocenters. The third-order valence-electron chi connectivity index (χ3n) is 6.16. The van der Waals surface area contributed by atoms with Gasteiger partial charge in [-0.1, -0.05) is 41.6 Å². The van der Waals surface area contributed by atoms with Crippen molar-refractivity contribution in [3.63, 3.8) is 0 Å². The number of rotatable bonds is 5. The van der Waals surface area contributed by atoms with Gasteiger partial charge in [0, 0.05) is 25.6 Å². The Morgan fingerprint density at radius 1 is 1.11 bits per heavy atom. The summed E-state index contributed by atoms with van der Waals surface area (Å²) in [5.41, 5.74) is 3.47. The molecule has 2 aliphatic heterocycles. The van der Waals surface area contributed by atoms with Crippen LogP contribution in [0.3, 0.4) is 0 Å². The van der Waals surface area contributed by atoms with Crippen LogP contribution in [0.4, 0.5) is 17.3 Å². The molecule has 0 bridgehead atoms. The summed E-state index contributed by atoms with van der Waals surface area (Å²) >= 11 is 1.35. The minimum atomic E-state index is -0.259. The fourth-order valence-electron chi connectivity index (χ4n) is 4.41. The molecule has 0 aliphatic carbocycles. The minimum absolute atomic E-state index is 0.0853. The Labute approximate surface area is 208 Å². The summed E-state index contributed by atoms with van der Waals surface area (Å²) in [6, 6.07) is 15.3. The van der Waals surface area contributed by atoms with Crippen molar-refractivity contribution in [1.29, 1.82) is 0 Å². The maximum atomic E-state index is 13.5. The van der Waals surface area contributed by atoms with Gasteiger partial charge in [0.2, 0.25) is 17.8 Å². The molecule has 9 nitrogen and oxygen atoms in total. The van der Waals surface area contributed by atoms with Gasteiger partial charge < -0.3 is 19.9 Å². The number of nitrogens with one attached hydrogen (secondary N) is 1. The SMILES string of the molecule is Cc1ccc(-n2c(SCC(=O)N3c4ccccc4NC(=O)CC3C)nnc2N2CCOCC2)cc1. The van der Waals surface area contributed by atoms with Crippen LogP contribution in [0, 0.1) is 6.92 Å². The van der Waals surface area contributed by atoms with Crippen LogP contribution in [0.5, 0.6) is 0 Å². The van der Waals surface area contributed by atoms with Gasteiger partial charge in [0.1, 0.15) is 0 Å². The van der Waals surface area contributed by atoms with Gasteiger partial charge in [-0.05, 0) is 38.1 Å². The van der Waals surface area contributed by atoms with Crippen molar-refractivity contribution in [2.75, 3.05) is 47.2 Å². The number of morpholine rings is 1. The number of para-hydroxylation sites is 2. The summed E-state index contributed by atoms with van der Waals surface area (Å²) in [6.45, 7) is 6.69. The number of ether oxygens (including phenoxy) is 1. The third-order valence-corrected chi connectivity index (χ3v) is 7.07. The van der Waals surface area contributed by atoms with E-state index < -0.39 is 0 Å². The standard InChI is InChI=1S/C25H28N6O3S/c1-17-7-9-19(10-8-17)31-24(29-11-13-34-14-12-29)27-28-25(31)35-16-23(33)30-18(2)15-22(32)26-20-5-3-4-6-21(20)30/h3-10,18H,11-16H2,1-2H3,(H,26,32). The van der Waals surface area contributed by atoms with Crippen LogP contribution >= 0.6 is 11.8 Å². The Morgan fingerprint density at radius 3 is 2.63 bits per heavy atom. The molecule has 1 N–H and O–H groups in total. The third kappa shape index (κ3) is 4.89. The smallest absolute Gasteiger partial charge is 0.237 e. The average molecular weight is 493 g/mol. The number of thioether (sulfide) groups is 1. The molecule has 0 spiro atoms. The summed E-state index contributed by atoms with van der Waals surface area (Å²) in [5, 5.41) is 12.5. The number of hydrogen-bond donors (Lipinski definition) is 1. The van der Waals surface area contributed by atoms with Crippen LogP contribution in [-0.4, -0.2) is 64.7 Å². The second kappa shape index (κ2) is 10.1. The van der Waals surface area contributed by atoms with Crippen molar-refractivity contribution in [2.24, 2.45) is 0 Å². The molecule has 0 radical (unpaired) electrons. The number of anilines is 3. The topological polar surface area (TPSA) is 92.6 Å². The lowest BCUT2D eigenvalue weighted by Gasteiger charge is -2.28. The Bertz CT molecular complexity index is 1220. The molecule has 5 rings (SSSR count). The molecule has 2 amide bonds. The quantitative estimate of drug-likeness (QED) is 0.547. The summed E-state index contributed by atoms with van der Waals surface area (Å²) in [6.07, 6.45) is 0.242. The number of aryl methyl sites for hydroxylation is 1. The molecule has 1 aromatic heterocycles. The maximum absolute atomic E-state index is 13.5. The number of hydrogen-bond acceptors (Lipinski definition) is 7. The van der Waals surface area contributed by atoms with Gasteiger partial charge in [-0.2, -0.15) is 0 Å². The van der Waals surface area contributed by atoms with E-state index in [4.69, 9.17) is 4.74 Å². The first-order valence-corrected chi connectivity index (χ1v) is 12.7. The summed E-state index contributed by atoms with van der Waals surface area (Å²) in [5.74, 6) is 0.732. The van der Waals surface area contributed by atoms with Crippen molar-refractivity contribution >= 4 is 40.9 Å². The van der Waals surface area contributed by atoms with Gasteiger partial charge in [-0.25, -0.2) is 0 Å². The molecule has 2 aliphatic rings. The summed E-state index contributed by atoms with van der Waals surface area (Å²) in [4.78, 5) is 29.7. The lowest BCUT2D eigenvalue weighted by atomic mass is 10.2. The number of nitrogens with zero attached hydrogens (tertiary/aromatic N) is 5. The molecule has 1 fully saturated rings.